The van der Waals surface area contributed by atoms with Crippen molar-refractivity contribution < 1.29 is 8.83 Å². The molecule has 0 aliphatic heterocycles. The number of hydrogen-bond acceptors (Lipinski definition) is 5. The van der Waals surface area contributed by atoms with Gasteiger partial charge in [0, 0.05) is 38.2 Å². The first-order chi connectivity index (χ1) is 34.2. The highest BCUT2D eigenvalue weighted by molar-refractivity contribution is 6.17. The van der Waals surface area contributed by atoms with Crippen molar-refractivity contribution in [1.29, 1.82) is 0 Å². The number of furan rings is 2. The Kier molecular flexibility index (Phi) is 7.93. The maximum atomic E-state index is 6.68. The van der Waals surface area contributed by atoms with Crippen LogP contribution in [0.25, 0.3) is 123 Å². The lowest BCUT2D eigenvalue weighted by atomic mass is 9.70. The Hall–Kier alpha value is -9.19. The number of aromatic nitrogens is 3. The van der Waals surface area contributed by atoms with Crippen LogP contribution < -0.4 is 0 Å². The smallest absolute Gasteiger partial charge is 0.164 e. The third kappa shape index (κ3) is 5.38. The third-order valence-electron chi connectivity index (χ3n) is 14.6. The van der Waals surface area contributed by atoms with E-state index in [0.717, 1.165) is 77.3 Å². The van der Waals surface area contributed by atoms with Crippen LogP contribution in [0.1, 0.15) is 22.3 Å². The van der Waals surface area contributed by atoms with Gasteiger partial charge in [0.25, 0.3) is 0 Å². The summed E-state index contributed by atoms with van der Waals surface area (Å²) in [6.45, 7) is 0. The minimum absolute atomic E-state index is 0.414. The van der Waals surface area contributed by atoms with Crippen LogP contribution in [0.5, 0.6) is 0 Å². The van der Waals surface area contributed by atoms with Gasteiger partial charge in [0.1, 0.15) is 22.3 Å². The second-order valence-corrected chi connectivity index (χ2v) is 18.1. The maximum absolute atomic E-state index is 6.68. The van der Waals surface area contributed by atoms with Crippen LogP contribution in [0.4, 0.5) is 0 Å². The molecule has 1 spiro atoms. The first-order valence-electron chi connectivity index (χ1n) is 23.4. The molecule has 0 bridgehead atoms. The zero-order valence-corrected chi connectivity index (χ0v) is 37.0. The lowest BCUT2D eigenvalue weighted by molar-refractivity contribution is 0.669. The molecule has 5 nitrogen and oxygen atoms in total. The molecule has 0 atom stereocenters. The van der Waals surface area contributed by atoms with Gasteiger partial charge in [-0.2, -0.15) is 0 Å². The quantitative estimate of drug-likeness (QED) is 0.172. The van der Waals surface area contributed by atoms with Crippen LogP contribution in [-0.2, 0) is 5.41 Å². The zero-order valence-electron chi connectivity index (χ0n) is 37.0. The summed E-state index contributed by atoms with van der Waals surface area (Å²) >= 11 is 0. The fraction of sp³-hybridized carbons (Fsp3) is 0.0156. The van der Waals surface area contributed by atoms with Gasteiger partial charge in [-0.1, -0.05) is 188 Å². The zero-order chi connectivity index (χ0) is 45.2. The first kappa shape index (κ1) is 38.0. The molecule has 0 unspecified atom stereocenters. The molecule has 13 aromatic rings. The van der Waals surface area contributed by atoms with Crippen molar-refractivity contribution >= 4 is 43.9 Å². The number of fused-ring (bicyclic) bond motifs is 16. The van der Waals surface area contributed by atoms with E-state index < -0.39 is 5.41 Å². The van der Waals surface area contributed by atoms with Gasteiger partial charge in [-0.3, -0.25) is 0 Å². The van der Waals surface area contributed by atoms with Crippen molar-refractivity contribution in [3.63, 3.8) is 0 Å². The Morgan fingerprint density at radius 3 is 1.29 bits per heavy atom. The molecule has 2 aliphatic carbocycles. The molecule has 0 radical (unpaired) electrons. The SMILES string of the molecule is c1ccc(-c2nc(-c3ccccc3)nc(-c3cccc4oc5ccc(-c6cccc7oc8ccc(-c9cccc%10c9-c9ccccc9C%109c%10ccccc%10-c%10ccccc%109)cc8c67)cc5c34)n2)cc1. The molecule has 0 fully saturated rings. The minimum Gasteiger partial charge on any atom is -0.456 e. The average Bonchev–Trinajstić information content (AvgIpc) is 4.16. The summed E-state index contributed by atoms with van der Waals surface area (Å²) in [5.41, 5.74) is 20.5. The van der Waals surface area contributed by atoms with Crippen molar-refractivity contribution in [3.05, 3.63) is 247 Å². The first-order valence-corrected chi connectivity index (χ1v) is 23.4. The largest absolute Gasteiger partial charge is 0.456 e. The van der Waals surface area contributed by atoms with Crippen LogP contribution >= 0.6 is 0 Å². The minimum atomic E-state index is -0.414. The normalized spacial score (nSPS) is 13.0. The third-order valence-corrected chi connectivity index (χ3v) is 14.6. The molecule has 15 rings (SSSR count). The molecule has 69 heavy (non-hydrogen) atoms. The Morgan fingerprint density at radius 1 is 0.275 bits per heavy atom. The predicted octanol–water partition coefficient (Wildman–Crippen LogP) is 16.3. The summed E-state index contributed by atoms with van der Waals surface area (Å²) in [6, 6.07) is 79.7. The molecule has 3 aromatic heterocycles. The summed E-state index contributed by atoms with van der Waals surface area (Å²) in [5, 5.41) is 4.07. The van der Waals surface area contributed by atoms with Crippen molar-refractivity contribution in [1.82, 2.24) is 15.0 Å². The number of hydrogen-bond donors (Lipinski definition) is 0. The van der Waals surface area contributed by atoms with Crippen LogP contribution in [0.3, 0.4) is 0 Å². The second-order valence-electron chi connectivity index (χ2n) is 18.1. The summed E-state index contributed by atoms with van der Waals surface area (Å²) in [4.78, 5) is 15.2. The van der Waals surface area contributed by atoms with E-state index in [9.17, 15) is 0 Å². The fourth-order valence-electron chi connectivity index (χ4n) is 11.7. The van der Waals surface area contributed by atoms with Crippen LogP contribution in [-0.4, -0.2) is 15.0 Å². The Morgan fingerprint density at radius 2 is 0.696 bits per heavy atom. The molecule has 0 saturated carbocycles. The van der Waals surface area contributed by atoms with E-state index in [-0.39, 0.29) is 0 Å². The fourth-order valence-corrected chi connectivity index (χ4v) is 11.7. The van der Waals surface area contributed by atoms with Gasteiger partial charge in [0.15, 0.2) is 17.5 Å². The van der Waals surface area contributed by atoms with Crippen molar-refractivity contribution in [2.75, 3.05) is 0 Å². The lowest BCUT2D eigenvalue weighted by Crippen LogP contribution is -2.25. The van der Waals surface area contributed by atoms with Gasteiger partial charge in [-0.05, 0) is 103 Å². The molecule has 0 N–H and O–H groups in total. The van der Waals surface area contributed by atoms with E-state index in [1.165, 1.54) is 50.1 Å². The van der Waals surface area contributed by atoms with Gasteiger partial charge >= 0.3 is 0 Å². The summed E-state index contributed by atoms with van der Waals surface area (Å²) in [5.74, 6) is 1.81. The van der Waals surface area contributed by atoms with Crippen molar-refractivity contribution in [2.24, 2.45) is 0 Å². The highest BCUT2D eigenvalue weighted by Gasteiger charge is 2.52. The second kappa shape index (κ2) is 14.4. The number of benzene rings is 10. The van der Waals surface area contributed by atoms with Crippen molar-refractivity contribution in [3.8, 4) is 78.7 Å². The van der Waals surface area contributed by atoms with Gasteiger partial charge < -0.3 is 8.83 Å². The Labute approximate surface area is 396 Å². The van der Waals surface area contributed by atoms with Gasteiger partial charge in [-0.15, -0.1) is 0 Å². The van der Waals surface area contributed by atoms with Gasteiger partial charge in [-0.25, -0.2) is 15.0 Å². The molecule has 10 aromatic carbocycles. The van der Waals surface area contributed by atoms with E-state index in [1.54, 1.807) is 0 Å². The highest BCUT2D eigenvalue weighted by Crippen LogP contribution is 2.64. The van der Waals surface area contributed by atoms with Crippen LogP contribution in [0, 0.1) is 0 Å². The lowest BCUT2D eigenvalue weighted by Gasteiger charge is -2.30. The molecular weight excluding hydrogens is 843 g/mol. The monoisotopic (exact) mass is 879 g/mol. The molecule has 2 aliphatic rings. The predicted molar refractivity (Wildman–Crippen MR) is 278 cm³/mol. The van der Waals surface area contributed by atoms with Crippen molar-refractivity contribution in [2.45, 2.75) is 5.41 Å². The van der Waals surface area contributed by atoms with E-state index in [2.05, 4.69) is 152 Å². The standard InChI is InChI=1S/C64H37N3O2/c1-3-16-38(17-4-1)61-65-62(39-18-5-2-6-19-39)67-63(66-61)47-25-15-31-57-60(47)49-37-41(33-35-55(49)69-57)43-24-14-30-56-59(43)48-36-40(32-34-54(48)68-56)42-23-13-29-53-58(42)46-22-9-12-28-52(46)64(53)50-26-10-7-20-44(50)45-21-8-11-27-51(45)64/h1-37H. The molecule has 320 valence electrons. The van der Waals surface area contributed by atoms with Gasteiger partial charge in [0.2, 0.25) is 0 Å². The molecular formula is C64H37N3O2. The Bertz CT molecular complexity index is 4160. The van der Waals surface area contributed by atoms with E-state index in [1.807, 2.05) is 72.8 Å². The number of nitrogens with zero attached hydrogens (tertiary/aromatic N) is 3. The molecule has 0 saturated heterocycles. The highest BCUT2D eigenvalue weighted by atomic mass is 16.3. The summed E-state index contributed by atoms with van der Waals surface area (Å²) in [6.07, 6.45) is 0. The number of rotatable bonds is 5. The summed E-state index contributed by atoms with van der Waals surface area (Å²) in [7, 11) is 0. The Balaban J connectivity index is 0.907. The van der Waals surface area contributed by atoms with E-state index in [4.69, 9.17) is 23.8 Å². The van der Waals surface area contributed by atoms with Crippen LogP contribution in [0.2, 0.25) is 0 Å². The van der Waals surface area contributed by atoms with E-state index in [0.29, 0.717) is 17.5 Å². The van der Waals surface area contributed by atoms with Gasteiger partial charge in [0.05, 0.1) is 5.41 Å². The van der Waals surface area contributed by atoms with E-state index >= 15 is 0 Å². The maximum Gasteiger partial charge on any atom is 0.164 e. The topological polar surface area (TPSA) is 65.0 Å². The van der Waals surface area contributed by atoms with Crippen LogP contribution in [0.15, 0.2) is 233 Å². The molecule has 0 amide bonds. The average molecular weight is 880 g/mol. The molecule has 3 heterocycles. The summed E-state index contributed by atoms with van der Waals surface area (Å²) < 4.78 is 13.3. The molecule has 5 heteroatoms.